The van der Waals surface area contributed by atoms with Crippen molar-refractivity contribution >= 4 is 17.4 Å². The first-order valence-electron chi connectivity index (χ1n) is 6.65. The lowest BCUT2D eigenvalue weighted by Crippen LogP contribution is -2.53. The summed E-state index contributed by atoms with van der Waals surface area (Å²) in [5.41, 5.74) is -1.38. The summed E-state index contributed by atoms with van der Waals surface area (Å²) in [6.45, 7) is -1.44. The molecule has 1 aromatic heterocycles. The van der Waals surface area contributed by atoms with Crippen molar-refractivity contribution in [2.75, 3.05) is 6.26 Å². The molecule has 2 aromatic rings. The number of benzene rings is 1. The van der Waals surface area contributed by atoms with E-state index < -0.39 is 51.6 Å². The summed E-state index contributed by atoms with van der Waals surface area (Å²) in [6, 6.07) is 0.946. The molecule has 1 aromatic carbocycles. The molecule has 0 aliphatic heterocycles. The van der Waals surface area contributed by atoms with Crippen LogP contribution in [0.25, 0.3) is 0 Å². The molecule has 8 nitrogen and oxygen atoms in total. The lowest BCUT2D eigenvalue weighted by atomic mass is 9.97. The molecule has 2 rings (SSSR count). The Hall–Kier alpha value is -1.82. The number of hydrogen-bond acceptors (Lipinski definition) is 5. The SMILES string of the molecule is CS(=O)(=O)C(F)(F)C(Cn1cncn1)(c1ccc(F)cc1F)P(=O)(O)O. The van der Waals surface area contributed by atoms with Crippen LogP contribution in [0, 0.1) is 11.6 Å². The predicted molar refractivity (Wildman–Crippen MR) is 79.9 cm³/mol. The van der Waals surface area contributed by atoms with E-state index in [1.165, 1.54) is 0 Å². The third-order valence-corrected chi connectivity index (χ3v) is 6.77. The van der Waals surface area contributed by atoms with Gasteiger partial charge >= 0.3 is 12.9 Å². The van der Waals surface area contributed by atoms with Gasteiger partial charge in [0.1, 0.15) is 24.3 Å². The third-order valence-electron chi connectivity index (χ3n) is 3.68. The van der Waals surface area contributed by atoms with E-state index in [0.717, 1.165) is 12.7 Å². The number of aromatic nitrogens is 3. The highest BCUT2D eigenvalue weighted by Gasteiger charge is 2.72. The van der Waals surface area contributed by atoms with Crippen molar-refractivity contribution < 1.29 is 40.3 Å². The highest BCUT2D eigenvalue weighted by molar-refractivity contribution is 7.92. The van der Waals surface area contributed by atoms with Crippen molar-refractivity contribution in [1.29, 1.82) is 0 Å². The Morgan fingerprint density at radius 2 is 1.88 bits per heavy atom. The lowest BCUT2D eigenvalue weighted by Gasteiger charge is -2.39. The monoisotopic (exact) mass is 417 g/mol. The molecule has 14 heteroatoms. The van der Waals surface area contributed by atoms with E-state index >= 15 is 0 Å². The zero-order valence-electron chi connectivity index (χ0n) is 12.9. The largest absolute Gasteiger partial charge is 0.367 e. The van der Waals surface area contributed by atoms with Gasteiger partial charge in [0, 0.05) is 17.9 Å². The first-order valence-corrected chi connectivity index (χ1v) is 10.2. The quantitative estimate of drug-likeness (QED) is 0.536. The molecule has 1 heterocycles. The summed E-state index contributed by atoms with van der Waals surface area (Å²) >= 11 is 0. The normalized spacial score (nSPS) is 15.7. The van der Waals surface area contributed by atoms with Gasteiger partial charge in [0.15, 0.2) is 5.16 Å². The highest BCUT2D eigenvalue weighted by Crippen LogP contribution is 2.66. The maximum atomic E-state index is 14.9. The minimum absolute atomic E-state index is 0.0418. The molecule has 0 saturated heterocycles. The van der Waals surface area contributed by atoms with Crippen LogP contribution in [-0.2, 0) is 26.1 Å². The Morgan fingerprint density at radius 3 is 2.31 bits per heavy atom. The fourth-order valence-corrected chi connectivity index (χ4v) is 5.24. The van der Waals surface area contributed by atoms with Gasteiger partial charge in [-0.1, -0.05) is 6.07 Å². The maximum Gasteiger partial charge on any atom is 0.367 e. The average molecular weight is 417 g/mol. The molecule has 2 N–H and O–H groups in total. The van der Waals surface area contributed by atoms with Crippen molar-refractivity contribution in [2.24, 2.45) is 0 Å². The standard InChI is InChI=1S/C12H12F4N3O5PS/c1-26(23,24)12(15,16)11(25(20,21)22,5-19-7-17-6-18-19)9-3-2-8(13)4-10(9)14/h2-4,6-7H,5H2,1H3,(H2,20,21,22). The number of nitrogens with zero attached hydrogens (tertiary/aromatic N) is 3. The number of hydrogen-bond donors (Lipinski definition) is 2. The number of rotatable bonds is 6. The van der Waals surface area contributed by atoms with Crippen LogP contribution >= 0.6 is 7.60 Å². The molecule has 144 valence electrons. The molecule has 0 aliphatic carbocycles. The van der Waals surface area contributed by atoms with Crippen molar-refractivity contribution in [1.82, 2.24) is 14.8 Å². The van der Waals surface area contributed by atoms with E-state index in [9.17, 15) is 40.3 Å². The summed E-state index contributed by atoms with van der Waals surface area (Å²) in [4.78, 5) is 22.8. The van der Waals surface area contributed by atoms with Crippen molar-refractivity contribution in [3.8, 4) is 0 Å². The molecule has 0 radical (unpaired) electrons. The smallest absolute Gasteiger partial charge is 0.324 e. The van der Waals surface area contributed by atoms with E-state index in [1.807, 2.05) is 0 Å². The second-order valence-corrected chi connectivity index (χ2v) is 9.32. The predicted octanol–water partition coefficient (Wildman–Crippen LogP) is 1.27. The van der Waals surface area contributed by atoms with Crippen LogP contribution in [0.3, 0.4) is 0 Å². The minimum atomic E-state index is -6.11. The number of halogens is 4. The molecule has 1 unspecified atom stereocenters. The zero-order chi connectivity index (χ0) is 20.0. The Bertz CT molecular complexity index is 963. The summed E-state index contributed by atoms with van der Waals surface area (Å²) in [5.74, 6) is -2.97. The van der Waals surface area contributed by atoms with Gasteiger partial charge in [-0.15, -0.1) is 0 Å². The van der Waals surface area contributed by atoms with Gasteiger partial charge in [-0.2, -0.15) is 13.9 Å². The van der Waals surface area contributed by atoms with Crippen LogP contribution in [-0.4, -0.2) is 44.5 Å². The second-order valence-electron chi connectivity index (χ2n) is 5.41. The van der Waals surface area contributed by atoms with E-state index in [1.54, 1.807) is 0 Å². The summed E-state index contributed by atoms with van der Waals surface area (Å²) in [6.07, 6.45) is 1.66. The van der Waals surface area contributed by atoms with E-state index in [2.05, 4.69) is 10.1 Å². The Kier molecular flexibility index (Phi) is 5.05. The van der Waals surface area contributed by atoms with Gasteiger partial charge in [0.05, 0.1) is 6.54 Å². The molecule has 0 spiro atoms. The second kappa shape index (κ2) is 6.41. The first-order chi connectivity index (χ1) is 11.7. The van der Waals surface area contributed by atoms with E-state index in [0.29, 0.717) is 16.8 Å². The Morgan fingerprint density at radius 1 is 1.27 bits per heavy atom. The number of sulfone groups is 1. The van der Waals surface area contributed by atoms with Crippen molar-refractivity contribution in [3.63, 3.8) is 0 Å². The van der Waals surface area contributed by atoms with Crippen molar-refractivity contribution in [3.05, 3.63) is 48.1 Å². The van der Waals surface area contributed by atoms with Gasteiger partial charge in [-0.3, -0.25) is 9.25 Å². The van der Waals surface area contributed by atoms with Gasteiger partial charge in [-0.25, -0.2) is 22.2 Å². The van der Waals surface area contributed by atoms with Crippen LogP contribution in [0.5, 0.6) is 0 Å². The number of alkyl halides is 2. The van der Waals surface area contributed by atoms with Gasteiger partial charge < -0.3 is 9.79 Å². The molecule has 0 saturated carbocycles. The molecule has 0 fully saturated rings. The molecule has 0 aliphatic rings. The lowest BCUT2D eigenvalue weighted by molar-refractivity contribution is 0.0174. The highest BCUT2D eigenvalue weighted by atomic mass is 32.2. The average Bonchev–Trinajstić information content (AvgIpc) is 2.95. The van der Waals surface area contributed by atoms with Crippen LogP contribution in [0.15, 0.2) is 30.9 Å². The van der Waals surface area contributed by atoms with Crippen molar-refractivity contribution in [2.45, 2.75) is 17.0 Å². The maximum absolute atomic E-state index is 14.9. The first kappa shape index (κ1) is 20.5. The third kappa shape index (κ3) is 3.15. The Balaban J connectivity index is 2.97. The molecule has 1 atom stereocenters. The van der Waals surface area contributed by atoms with Gasteiger partial charge in [-0.05, 0) is 6.07 Å². The van der Waals surface area contributed by atoms with E-state index in [4.69, 9.17) is 0 Å². The van der Waals surface area contributed by atoms with Crippen LogP contribution in [0.4, 0.5) is 17.6 Å². The fraction of sp³-hybridized carbons (Fsp3) is 0.333. The zero-order valence-corrected chi connectivity index (χ0v) is 14.6. The van der Waals surface area contributed by atoms with Crippen LogP contribution in [0.1, 0.15) is 5.56 Å². The summed E-state index contributed by atoms with van der Waals surface area (Å²) < 4.78 is 93.3. The molecular formula is C12H12F4N3O5PS. The Labute approximate surface area is 144 Å². The summed E-state index contributed by atoms with van der Waals surface area (Å²) in [5, 5.41) is -5.65. The fourth-order valence-electron chi connectivity index (χ4n) is 2.43. The minimum Gasteiger partial charge on any atom is -0.324 e. The van der Waals surface area contributed by atoms with E-state index in [-0.39, 0.29) is 12.3 Å². The van der Waals surface area contributed by atoms with Crippen LogP contribution < -0.4 is 0 Å². The van der Waals surface area contributed by atoms with Gasteiger partial charge in [0.2, 0.25) is 9.84 Å². The topological polar surface area (TPSA) is 122 Å². The van der Waals surface area contributed by atoms with Crippen LogP contribution in [0.2, 0.25) is 0 Å². The molecule has 0 bridgehead atoms. The molecule has 26 heavy (non-hydrogen) atoms. The van der Waals surface area contributed by atoms with Gasteiger partial charge in [0.25, 0.3) is 0 Å². The molecular weight excluding hydrogens is 405 g/mol. The molecule has 0 amide bonds. The summed E-state index contributed by atoms with van der Waals surface area (Å²) in [7, 11) is -11.6.